The van der Waals surface area contributed by atoms with Crippen LogP contribution in [0.4, 0.5) is 5.69 Å². The fourth-order valence-electron chi connectivity index (χ4n) is 3.34. The molecule has 0 aliphatic carbocycles. The van der Waals surface area contributed by atoms with E-state index in [-0.39, 0.29) is 4.90 Å². The molecule has 152 valence electrons. The van der Waals surface area contributed by atoms with Crippen molar-refractivity contribution in [2.45, 2.75) is 38.5 Å². The number of unbranched alkanes of at least 4 members (excludes halogenated alkanes) is 1. The Morgan fingerprint density at radius 1 is 0.929 bits per heavy atom. The molecule has 0 amide bonds. The first-order valence-electron chi connectivity index (χ1n) is 9.97. The van der Waals surface area contributed by atoms with Crippen LogP contribution in [0.15, 0.2) is 47.4 Å². The van der Waals surface area contributed by atoms with Crippen LogP contribution in [0.2, 0.25) is 0 Å². The largest absolute Gasteiger partial charge is 0.492 e. The molecule has 0 atom stereocenters. The molecule has 0 N–H and O–H groups in total. The molecule has 0 radical (unpaired) electrons. The zero-order chi connectivity index (χ0) is 20.1. The lowest BCUT2D eigenvalue weighted by Crippen LogP contribution is -2.48. The second-order valence-electron chi connectivity index (χ2n) is 7.38. The van der Waals surface area contributed by atoms with Crippen molar-refractivity contribution < 1.29 is 13.2 Å². The topological polar surface area (TPSA) is 49.9 Å². The molecule has 5 nitrogen and oxygen atoms in total. The Morgan fingerprint density at radius 2 is 1.57 bits per heavy atom. The molecule has 1 fully saturated rings. The first-order valence-corrected chi connectivity index (χ1v) is 11.4. The first-order chi connectivity index (χ1) is 13.4. The van der Waals surface area contributed by atoms with Crippen LogP contribution in [-0.2, 0) is 10.0 Å². The zero-order valence-corrected chi connectivity index (χ0v) is 17.8. The summed E-state index contributed by atoms with van der Waals surface area (Å²) < 4.78 is 34.0. The fourth-order valence-corrected chi connectivity index (χ4v) is 4.98. The normalized spacial score (nSPS) is 15.6. The molecular formula is C22H30N2O3S. The summed E-state index contributed by atoms with van der Waals surface area (Å²) in [5, 5.41) is 0. The van der Waals surface area contributed by atoms with E-state index in [9.17, 15) is 8.42 Å². The van der Waals surface area contributed by atoms with E-state index in [0.29, 0.717) is 38.5 Å². The molecule has 1 aliphatic rings. The van der Waals surface area contributed by atoms with Gasteiger partial charge in [-0.3, -0.25) is 0 Å². The lowest BCUT2D eigenvalue weighted by Gasteiger charge is -2.35. The van der Waals surface area contributed by atoms with E-state index >= 15 is 0 Å². The van der Waals surface area contributed by atoms with Crippen LogP contribution in [0.25, 0.3) is 0 Å². The Hall–Kier alpha value is -2.05. The Labute approximate surface area is 169 Å². The third kappa shape index (κ3) is 4.67. The molecule has 1 heterocycles. The van der Waals surface area contributed by atoms with Crippen molar-refractivity contribution in [2.24, 2.45) is 0 Å². The summed E-state index contributed by atoms with van der Waals surface area (Å²) in [6.45, 7) is 8.89. The van der Waals surface area contributed by atoms with Crippen molar-refractivity contribution in [3.05, 3.63) is 53.6 Å². The molecule has 6 heteroatoms. The van der Waals surface area contributed by atoms with E-state index in [1.807, 2.05) is 13.0 Å². The molecule has 28 heavy (non-hydrogen) atoms. The first kappa shape index (κ1) is 20.7. The number of aryl methyl sites for hydroxylation is 2. The predicted octanol–water partition coefficient (Wildman–Crippen LogP) is 3.99. The average Bonchev–Trinajstić information content (AvgIpc) is 2.70. The van der Waals surface area contributed by atoms with Crippen LogP contribution >= 0.6 is 0 Å². The van der Waals surface area contributed by atoms with Crippen molar-refractivity contribution in [1.82, 2.24) is 4.31 Å². The van der Waals surface area contributed by atoms with Gasteiger partial charge in [-0.15, -0.1) is 0 Å². The molecule has 0 spiro atoms. The van der Waals surface area contributed by atoms with Gasteiger partial charge in [-0.2, -0.15) is 4.31 Å². The van der Waals surface area contributed by atoms with Gasteiger partial charge in [-0.25, -0.2) is 8.42 Å². The smallest absolute Gasteiger partial charge is 0.246 e. The van der Waals surface area contributed by atoms with Crippen molar-refractivity contribution in [3.63, 3.8) is 0 Å². The van der Waals surface area contributed by atoms with Crippen LogP contribution in [0, 0.1) is 13.8 Å². The van der Waals surface area contributed by atoms with E-state index < -0.39 is 10.0 Å². The molecule has 2 aromatic rings. The summed E-state index contributed by atoms with van der Waals surface area (Å²) in [6, 6.07) is 13.8. The van der Waals surface area contributed by atoms with E-state index in [2.05, 4.69) is 43.0 Å². The summed E-state index contributed by atoms with van der Waals surface area (Å²) in [5.41, 5.74) is 3.28. The maximum Gasteiger partial charge on any atom is 0.246 e. The quantitative estimate of drug-likeness (QED) is 0.657. The van der Waals surface area contributed by atoms with Gasteiger partial charge in [0.2, 0.25) is 10.0 Å². The average molecular weight is 403 g/mol. The zero-order valence-electron chi connectivity index (χ0n) is 17.0. The highest BCUT2D eigenvalue weighted by Gasteiger charge is 2.31. The number of hydrogen-bond acceptors (Lipinski definition) is 4. The number of ether oxygens (including phenoxy) is 1. The Bertz CT molecular complexity index is 886. The van der Waals surface area contributed by atoms with E-state index in [1.165, 1.54) is 5.56 Å². The monoisotopic (exact) mass is 402 g/mol. The minimum Gasteiger partial charge on any atom is -0.492 e. The Balaban J connectivity index is 1.75. The van der Waals surface area contributed by atoms with E-state index in [4.69, 9.17) is 4.74 Å². The lowest BCUT2D eigenvalue weighted by molar-refractivity contribution is 0.299. The number of rotatable bonds is 7. The third-order valence-electron chi connectivity index (χ3n) is 5.11. The van der Waals surface area contributed by atoms with Crippen LogP contribution in [0.1, 0.15) is 30.9 Å². The number of sulfonamides is 1. The molecule has 1 aliphatic heterocycles. The lowest BCUT2D eigenvalue weighted by atomic mass is 10.2. The van der Waals surface area contributed by atoms with Crippen molar-refractivity contribution in [1.29, 1.82) is 0 Å². The highest BCUT2D eigenvalue weighted by molar-refractivity contribution is 7.89. The minimum atomic E-state index is -3.58. The number of hydrogen-bond donors (Lipinski definition) is 0. The van der Waals surface area contributed by atoms with Gasteiger partial charge < -0.3 is 9.64 Å². The molecule has 3 rings (SSSR count). The highest BCUT2D eigenvalue weighted by atomic mass is 32.2. The fraction of sp³-hybridized carbons (Fsp3) is 0.455. The highest BCUT2D eigenvalue weighted by Crippen LogP contribution is 2.29. The third-order valence-corrected chi connectivity index (χ3v) is 7.03. The van der Waals surface area contributed by atoms with Gasteiger partial charge in [-0.05, 0) is 50.1 Å². The summed E-state index contributed by atoms with van der Waals surface area (Å²) in [5.74, 6) is 0.458. The second-order valence-corrected chi connectivity index (χ2v) is 9.29. The van der Waals surface area contributed by atoms with Gasteiger partial charge in [0, 0.05) is 31.9 Å². The molecule has 0 bridgehead atoms. The number of benzene rings is 2. The van der Waals surface area contributed by atoms with Gasteiger partial charge in [-0.1, -0.05) is 37.1 Å². The number of piperazine rings is 1. The SMILES string of the molecule is CCCCOc1ccc(C)cc1S(=O)(=O)N1CCN(c2ccc(C)cc2)CC1. The Morgan fingerprint density at radius 3 is 2.21 bits per heavy atom. The van der Waals surface area contributed by atoms with Crippen LogP contribution in [0.3, 0.4) is 0 Å². The molecule has 0 saturated carbocycles. The summed E-state index contributed by atoms with van der Waals surface area (Å²) in [6.07, 6.45) is 1.91. The summed E-state index contributed by atoms with van der Waals surface area (Å²) in [4.78, 5) is 2.52. The van der Waals surface area contributed by atoms with Crippen LogP contribution in [0.5, 0.6) is 5.75 Å². The van der Waals surface area contributed by atoms with E-state index in [0.717, 1.165) is 24.1 Å². The van der Waals surface area contributed by atoms with Crippen molar-refractivity contribution in [3.8, 4) is 5.75 Å². The molecular weight excluding hydrogens is 372 g/mol. The maximum atomic E-state index is 13.3. The maximum absolute atomic E-state index is 13.3. The minimum absolute atomic E-state index is 0.285. The molecule has 0 unspecified atom stereocenters. The van der Waals surface area contributed by atoms with Gasteiger partial charge in [0.05, 0.1) is 6.61 Å². The van der Waals surface area contributed by atoms with Crippen molar-refractivity contribution in [2.75, 3.05) is 37.7 Å². The van der Waals surface area contributed by atoms with Gasteiger partial charge >= 0.3 is 0 Å². The Kier molecular flexibility index (Phi) is 6.62. The van der Waals surface area contributed by atoms with Crippen LogP contribution < -0.4 is 9.64 Å². The van der Waals surface area contributed by atoms with Gasteiger partial charge in [0.1, 0.15) is 10.6 Å². The van der Waals surface area contributed by atoms with Crippen molar-refractivity contribution >= 4 is 15.7 Å². The predicted molar refractivity (Wildman–Crippen MR) is 114 cm³/mol. The molecule has 2 aromatic carbocycles. The van der Waals surface area contributed by atoms with Gasteiger partial charge in [0.15, 0.2) is 0 Å². The molecule has 1 saturated heterocycles. The number of nitrogens with zero attached hydrogens (tertiary/aromatic N) is 2. The molecule has 0 aromatic heterocycles. The summed E-state index contributed by atoms with van der Waals surface area (Å²) >= 11 is 0. The summed E-state index contributed by atoms with van der Waals surface area (Å²) in [7, 11) is -3.58. The standard InChI is InChI=1S/C22H30N2O3S/c1-4-5-16-27-21-11-8-19(3)17-22(21)28(25,26)24-14-12-23(13-15-24)20-9-6-18(2)7-10-20/h6-11,17H,4-5,12-16H2,1-3H3. The second kappa shape index (κ2) is 8.97. The van der Waals surface area contributed by atoms with Crippen LogP contribution in [-0.4, -0.2) is 45.5 Å². The number of anilines is 1. The van der Waals surface area contributed by atoms with E-state index in [1.54, 1.807) is 16.4 Å². The van der Waals surface area contributed by atoms with Gasteiger partial charge in [0.25, 0.3) is 0 Å².